The summed E-state index contributed by atoms with van der Waals surface area (Å²) in [6.45, 7) is 0. The van der Waals surface area contributed by atoms with E-state index in [0.717, 1.165) is 26.2 Å². The second-order valence-corrected chi connectivity index (χ2v) is 8.63. The van der Waals surface area contributed by atoms with Crippen LogP contribution >= 0.6 is 34.3 Å². The van der Waals surface area contributed by atoms with Gasteiger partial charge in [-0.25, -0.2) is 0 Å². The molecular formula is C20H16ClN3OS2. The van der Waals surface area contributed by atoms with E-state index in [2.05, 4.69) is 33.1 Å². The highest BCUT2D eigenvalue weighted by Crippen LogP contribution is 2.37. The summed E-state index contributed by atoms with van der Waals surface area (Å²) in [5.41, 5.74) is 3.54. The Morgan fingerprint density at radius 3 is 2.59 bits per heavy atom. The number of amides is 1. The van der Waals surface area contributed by atoms with E-state index in [9.17, 15) is 4.79 Å². The van der Waals surface area contributed by atoms with E-state index in [4.69, 9.17) is 11.6 Å². The highest BCUT2D eigenvalue weighted by molar-refractivity contribution is 7.22. The smallest absolute Gasteiger partial charge is 0.275 e. The molecule has 0 aliphatic rings. The molecule has 7 heteroatoms. The highest BCUT2D eigenvalue weighted by Gasteiger charge is 2.20. The summed E-state index contributed by atoms with van der Waals surface area (Å²) in [5.74, 6) is -0.140. The van der Waals surface area contributed by atoms with Crippen LogP contribution in [0.25, 0.3) is 20.5 Å². The van der Waals surface area contributed by atoms with E-state index in [1.807, 2.05) is 24.3 Å². The van der Waals surface area contributed by atoms with Gasteiger partial charge in [-0.15, -0.1) is 16.4 Å². The van der Waals surface area contributed by atoms with Gasteiger partial charge < -0.3 is 4.90 Å². The summed E-state index contributed by atoms with van der Waals surface area (Å²) < 4.78 is 0.874. The molecule has 0 saturated heterocycles. The van der Waals surface area contributed by atoms with Crippen LogP contribution in [0, 0.1) is 0 Å². The molecule has 0 unspecified atom stereocenters. The van der Waals surface area contributed by atoms with Gasteiger partial charge in [-0.2, -0.15) is 16.4 Å². The Morgan fingerprint density at radius 2 is 1.93 bits per heavy atom. The average molecular weight is 414 g/mol. The molecule has 3 aromatic heterocycles. The first-order chi connectivity index (χ1) is 13.0. The molecule has 0 spiro atoms. The summed E-state index contributed by atoms with van der Waals surface area (Å²) >= 11 is 9.24. The number of hydrogen-bond acceptors (Lipinski definition) is 5. The quantitative estimate of drug-likeness (QED) is 0.452. The minimum absolute atomic E-state index is 0.140. The number of halogens is 1. The minimum Gasteiger partial charge on any atom is -0.343 e. The van der Waals surface area contributed by atoms with Gasteiger partial charge in [-0.1, -0.05) is 23.7 Å². The van der Waals surface area contributed by atoms with Crippen LogP contribution in [0.1, 0.15) is 21.7 Å². The Balaban J connectivity index is 1.88. The van der Waals surface area contributed by atoms with Crippen LogP contribution < -0.4 is 0 Å². The lowest BCUT2D eigenvalue weighted by Gasteiger charge is -2.10. The number of aromatic nitrogens is 2. The lowest BCUT2D eigenvalue weighted by molar-refractivity contribution is 0.0823. The molecule has 0 saturated carbocycles. The van der Waals surface area contributed by atoms with Crippen LogP contribution in [0.15, 0.2) is 47.2 Å². The van der Waals surface area contributed by atoms with E-state index in [1.54, 1.807) is 36.8 Å². The predicted molar refractivity (Wildman–Crippen MR) is 113 cm³/mol. The first kappa shape index (κ1) is 18.1. The SMILES string of the molecule is CN(C)C(=O)c1nnc(Cc2ccsc2)c2cc(-c3ccc(Cl)cc3)sc12. The number of benzene rings is 1. The predicted octanol–water partition coefficient (Wildman–Crippen LogP) is 5.37. The minimum atomic E-state index is -0.140. The fourth-order valence-corrected chi connectivity index (χ4v) is 4.77. The maximum Gasteiger partial charge on any atom is 0.275 e. The second kappa shape index (κ2) is 7.38. The van der Waals surface area contributed by atoms with Crippen molar-refractivity contribution in [2.45, 2.75) is 6.42 Å². The van der Waals surface area contributed by atoms with Crippen LogP contribution in [0.2, 0.25) is 5.02 Å². The Labute approximate surface area is 170 Å². The van der Waals surface area contributed by atoms with E-state index < -0.39 is 0 Å². The fourth-order valence-electron chi connectivity index (χ4n) is 2.82. The Kier molecular flexibility index (Phi) is 4.95. The molecule has 0 aliphatic heterocycles. The zero-order valence-electron chi connectivity index (χ0n) is 14.8. The van der Waals surface area contributed by atoms with Gasteiger partial charge in [-0.05, 0) is 46.2 Å². The molecule has 0 fully saturated rings. The summed E-state index contributed by atoms with van der Waals surface area (Å²) in [7, 11) is 3.45. The summed E-state index contributed by atoms with van der Waals surface area (Å²) in [5, 5.41) is 14.5. The molecule has 1 amide bonds. The van der Waals surface area contributed by atoms with Crippen molar-refractivity contribution in [3.63, 3.8) is 0 Å². The zero-order valence-corrected chi connectivity index (χ0v) is 17.2. The topological polar surface area (TPSA) is 46.1 Å². The van der Waals surface area contributed by atoms with Crippen LogP contribution in [-0.4, -0.2) is 35.1 Å². The van der Waals surface area contributed by atoms with Crippen LogP contribution in [-0.2, 0) is 6.42 Å². The summed E-state index contributed by atoms with van der Waals surface area (Å²) in [6.07, 6.45) is 0.695. The number of rotatable bonds is 4. The first-order valence-corrected chi connectivity index (χ1v) is 10.4. The standard InChI is InChI=1S/C20H16ClN3OS2/c1-24(2)20(25)18-19-15(16(22-23-18)9-12-7-8-26-11-12)10-17(27-19)13-3-5-14(21)6-4-13/h3-8,10-11H,9H2,1-2H3. The highest BCUT2D eigenvalue weighted by atomic mass is 35.5. The third-order valence-corrected chi connectivity index (χ3v) is 6.39. The maximum atomic E-state index is 12.6. The van der Waals surface area contributed by atoms with Gasteiger partial charge in [0.05, 0.1) is 10.4 Å². The molecule has 136 valence electrons. The van der Waals surface area contributed by atoms with Crippen molar-refractivity contribution < 1.29 is 4.79 Å². The molecular weight excluding hydrogens is 398 g/mol. The van der Waals surface area contributed by atoms with E-state index >= 15 is 0 Å². The Hall–Kier alpha value is -2.28. The van der Waals surface area contributed by atoms with Crippen molar-refractivity contribution >= 4 is 50.3 Å². The first-order valence-electron chi connectivity index (χ1n) is 8.30. The van der Waals surface area contributed by atoms with Gasteiger partial charge in [0.1, 0.15) is 0 Å². The molecule has 4 rings (SSSR count). The number of carbonyl (C=O) groups excluding carboxylic acids is 1. The number of carbonyl (C=O) groups is 1. The molecule has 4 aromatic rings. The molecule has 0 bridgehead atoms. The molecule has 27 heavy (non-hydrogen) atoms. The van der Waals surface area contributed by atoms with Gasteiger partial charge in [0.2, 0.25) is 0 Å². The molecule has 0 atom stereocenters. The van der Waals surface area contributed by atoms with Crippen LogP contribution in [0.5, 0.6) is 0 Å². The maximum absolute atomic E-state index is 12.6. The largest absolute Gasteiger partial charge is 0.343 e. The van der Waals surface area contributed by atoms with Crippen molar-refractivity contribution in [1.29, 1.82) is 0 Å². The van der Waals surface area contributed by atoms with Crippen LogP contribution in [0.3, 0.4) is 0 Å². The third kappa shape index (κ3) is 3.60. The van der Waals surface area contributed by atoms with Gasteiger partial charge >= 0.3 is 0 Å². The zero-order chi connectivity index (χ0) is 19.0. The monoisotopic (exact) mass is 413 g/mol. The van der Waals surface area contributed by atoms with E-state index in [-0.39, 0.29) is 5.91 Å². The number of fused-ring (bicyclic) bond motifs is 1. The lowest BCUT2D eigenvalue weighted by Crippen LogP contribution is -2.23. The number of thiophene rings is 2. The van der Waals surface area contributed by atoms with Crippen molar-refractivity contribution in [2.24, 2.45) is 0 Å². The van der Waals surface area contributed by atoms with Crippen molar-refractivity contribution in [3.05, 3.63) is 69.1 Å². The number of nitrogens with zero attached hydrogens (tertiary/aromatic N) is 3. The van der Waals surface area contributed by atoms with Gasteiger partial charge in [0.15, 0.2) is 5.69 Å². The second-order valence-electron chi connectivity index (χ2n) is 6.36. The molecule has 0 N–H and O–H groups in total. The summed E-state index contributed by atoms with van der Waals surface area (Å²) in [4.78, 5) is 15.2. The summed E-state index contributed by atoms with van der Waals surface area (Å²) in [6, 6.07) is 11.9. The molecule has 4 nitrogen and oxygen atoms in total. The molecule has 1 aromatic carbocycles. The lowest BCUT2D eigenvalue weighted by atomic mass is 10.1. The van der Waals surface area contributed by atoms with Gasteiger partial charge in [-0.3, -0.25) is 4.79 Å². The molecule has 3 heterocycles. The van der Waals surface area contributed by atoms with Crippen molar-refractivity contribution in [3.8, 4) is 10.4 Å². The van der Waals surface area contributed by atoms with Gasteiger partial charge in [0.25, 0.3) is 5.91 Å². The van der Waals surface area contributed by atoms with E-state index in [1.165, 1.54) is 10.5 Å². The Morgan fingerprint density at radius 1 is 1.15 bits per heavy atom. The van der Waals surface area contributed by atoms with Gasteiger partial charge in [0, 0.05) is 35.8 Å². The fraction of sp³-hybridized carbons (Fsp3) is 0.150. The average Bonchev–Trinajstić information content (AvgIpc) is 3.32. The molecule has 0 radical (unpaired) electrons. The van der Waals surface area contributed by atoms with Crippen molar-refractivity contribution in [1.82, 2.24) is 15.1 Å². The normalized spacial score (nSPS) is 11.1. The van der Waals surface area contributed by atoms with Crippen molar-refractivity contribution in [2.75, 3.05) is 14.1 Å². The van der Waals surface area contributed by atoms with Crippen LogP contribution in [0.4, 0.5) is 0 Å². The van der Waals surface area contributed by atoms with E-state index in [0.29, 0.717) is 17.1 Å². The third-order valence-electron chi connectivity index (χ3n) is 4.22. The Bertz CT molecular complexity index is 1100. The molecule has 0 aliphatic carbocycles. The number of hydrogen-bond donors (Lipinski definition) is 0.